The number of allylic oxidation sites excluding steroid dienone is 3. The zero-order valence-electron chi connectivity index (χ0n) is 12.6. The highest BCUT2D eigenvalue weighted by molar-refractivity contribution is 5.78. The number of likely N-dealkylation sites (N-methyl/N-ethyl adjacent to an activating group) is 1. The number of hydrogen-bond acceptors (Lipinski definition) is 3. The van der Waals surface area contributed by atoms with E-state index in [1.807, 2.05) is 18.2 Å². The second kappa shape index (κ2) is 5.28. The maximum atomic E-state index is 5.81. The molecule has 1 aromatic heterocycles. The summed E-state index contributed by atoms with van der Waals surface area (Å²) >= 11 is 0. The Bertz CT molecular complexity index is 711. The summed E-state index contributed by atoms with van der Waals surface area (Å²) in [6, 6.07) is 5.79. The number of nitrogen functional groups attached to an aromatic ring is 1. The van der Waals surface area contributed by atoms with Crippen LogP contribution in [0, 0.1) is 5.41 Å². The van der Waals surface area contributed by atoms with Crippen molar-refractivity contribution in [3.8, 4) is 0 Å². The first-order valence-corrected chi connectivity index (χ1v) is 7.45. The number of hydrogen-bond donors (Lipinski definition) is 3. The molecule has 4 N–H and O–H groups in total. The van der Waals surface area contributed by atoms with Gasteiger partial charge in [-0.3, -0.25) is 0 Å². The summed E-state index contributed by atoms with van der Waals surface area (Å²) in [4.78, 5) is 8.05. The van der Waals surface area contributed by atoms with Crippen LogP contribution in [0.2, 0.25) is 0 Å². The van der Waals surface area contributed by atoms with Crippen LogP contribution in [0.5, 0.6) is 0 Å². The number of benzene rings is 1. The molecule has 0 saturated carbocycles. The topological polar surface area (TPSA) is 66.7 Å². The van der Waals surface area contributed by atoms with Crippen molar-refractivity contribution < 1.29 is 0 Å². The fourth-order valence-corrected chi connectivity index (χ4v) is 2.78. The molecule has 110 valence electrons. The monoisotopic (exact) mass is 282 g/mol. The Labute approximate surface area is 125 Å². The Hall–Kier alpha value is -2.23. The van der Waals surface area contributed by atoms with Crippen molar-refractivity contribution >= 4 is 16.7 Å². The molecule has 1 unspecified atom stereocenters. The molecule has 21 heavy (non-hydrogen) atoms. The Morgan fingerprint density at radius 2 is 2.29 bits per heavy atom. The van der Waals surface area contributed by atoms with E-state index < -0.39 is 0 Å². The molecule has 1 aliphatic carbocycles. The molecule has 0 aliphatic heterocycles. The number of aromatic nitrogens is 2. The van der Waals surface area contributed by atoms with Crippen LogP contribution in [0.4, 0.5) is 5.69 Å². The molecule has 4 nitrogen and oxygen atoms in total. The van der Waals surface area contributed by atoms with E-state index in [-0.39, 0.29) is 5.41 Å². The first kappa shape index (κ1) is 13.7. The zero-order valence-corrected chi connectivity index (χ0v) is 12.6. The highest BCUT2D eigenvalue weighted by Crippen LogP contribution is 2.32. The SMILES string of the molecule is CCNC1=CCC(C)(Cc2nc3ccc(N)cc3[nH]2)C=C1. The summed E-state index contributed by atoms with van der Waals surface area (Å²) < 4.78 is 0. The summed E-state index contributed by atoms with van der Waals surface area (Å²) in [6.07, 6.45) is 8.64. The van der Waals surface area contributed by atoms with E-state index in [0.717, 1.165) is 41.9 Å². The summed E-state index contributed by atoms with van der Waals surface area (Å²) in [5, 5.41) is 3.35. The van der Waals surface area contributed by atoms with Crippen LogP contribution in [0.3, 0.4) is 0 Å². The van der Waals surface area contributed by atoms with Crippen LogP contribution < -0.4 is 11.1 Å². The standard InChI is InChI=1S/C17H22N4/c1-3-19-13-6-8-17(2,9-7-13)11-16-20-14-5-4-12(18)10-15(14)21-16/h4-8,10,19H,3,9,11,18H2,1-2H3,(H,20,21). The van der Waals surface area contributed by atoms with E-state index in [0.29, 0.717) is 0 Å². The fraction of sp³-hybridized carbons (Fsp3) is 0.353. The van der Waals surface area contributed by atoms with Crippen LogP contribution in [0.25, 0.3) is 11.0 Å². The number of aromatic amines is 1. The summed E-state index contributed by atoms with van der Waals surface area (Å²) in [5.41, 5.74) is 9.89. The molecule has 0 amide bonds. The molecule has 1 aromatic carbocycles. The van der Waals surface area contributed by atoms with Crippen LogP contribution >= 0.6 is 0 Å². The lowest BCUT2D eigenvalue weighted by molar-refractivity contribution is 0.415. The average Bonchev–Trinajstić information content (AvgIpc) is 2.82. The minimum Gasteiger partial charge on any atom is -0.399 e. The minimum atomic E-state index is 0.109. The lowest BCUT2D eigenvalue weighted by Gasteiger charge is -2.27. The third-order valence-corrected chi connectivity index (χ3v) is 3.96. The van der Waals surface area contributed by atoms with Gasteiger partial charge in [-0.1, -0.05) is 19.1 Å². The van der Waals surface area contributed by atoms with Crippen molar-refractivity contribution in [3.63, 3.8) is 0 Å². The Balaban J connectivity index is 1.78. The Kier molecular flexibility index (Phi) is 3.45. The molecule has 1 atom stereocenters. The van der Waals surface area contributed by atoms with Gasteiger partial charge in [0.15, 0.2) is 0 Å². The summed E-state index contributed by atoms with van der Waals surface area (Å²) in [7, 11) is 0. The van der Waals surface area contributed by atoms with Gasteiger partial charge in [0.25, 0.3) is 0 Å². The third-order valence-electron chi connectivity index (χ3n) is 3.96. The molecule has 1 heterocycles. The smallest absolute Gasteiger partial charge is 0.108 e. The van der Waals surface area contributed by atoms with Crippen molar-refractivity contribution in [3.05, 3.63) is 47.9 Å². The van der Waals surface area contributed by atoms with Gasteiger partial charge in [-0.25, -0.2) is 4.98 Å². The van der Waals surface area contributed by atoms with E-state index in [4.69, 9.17) is 5.73 Å². The van der Waals surface area contributed by atoms with E-state index in [1.165, 1.54) is 5.70 Å². The first-order chi connectivity index (χ1) is 10.1. The molecule has 4 heteroatoms. The summed E-state index contributed by atoms with van der Waals surface area (Å²) in [6.45, 7) is 5.34. The number of nitrogens with two attached hydrogens (primary N) is 1. The van der Waals surface area contributed by atoms with Crippen molar-refractivity contribution in [2.24, 2.45) is 5.41 Å². The Morgan fingerprint density at radius 3 is 3.00 bits per heavy atom. The quantitative estimate of drug-likeness (QED) is 0.755. The molecule has 0 radical (unpaired) electrons. The van der Waals surface area contributed by atoms with Gasteiger partial charge in [0.05, 0.1) is 11.0 Å². The molecule has 2 aromatic rings. The van der Waals surface area contributed by atoms with Gasteiger partial charge in [-0.05, 0) is 43.0 Å². The molecular formula is C17H22N4. The van der Waals surface area contributed by atoms with Crippen LogP contribution in [-0.2, 0) is 6.42 Å². The number of nitrogens with one attached hydrogen (secondary N) is 2. The number of H-pyrrole nitrogens is 1. The number of nitrogens with zero attached hydrogens (tertiary/aromatic N) is 1. The fourth-order valence-electron chi connectivity index (χ4n) is 2.78. The zero-order chi connectivity index (χ0) is 14.9. The van der Waals surface area contributed by atoms with Crippen LogP contribution in [0.15, 0.2) is 42.1 Å². The maximum Gasteiger partial charge on any atom is 0.108 e. The van der Waals surface area contributed by atoms with Crippen molar-refractivity contribution in [1.82, 2.24) is 15.3 Å². The van der Waals surface area contributed by atoms with Crippen molar-refractivity contribution in [2.75, 3.05) is 12.3 Å². The molecule has 3 rings (SSSR count). The van der Waals surface area contributed by atoms with Gasteiger partial charge < -0.3 is 16.0 Å². The van der Waals surface area contributed by atoms with Crippen LogP contribution in [0.1, 0.15) is 26.1 Å². The van der Waals surface area contributed by atoms with Gasteiger partial charge in [0.2, 0.25) is 0 Å². The number of rotatable bonds is 4. The second-order valence-electron chi connectivity index (χ2n) is 6.02. The highest BCUT2D eigenvalue weighted by Gasteiger charge is 2.24. The number of imidazole rings is 1. The van der Waals surface area contributed by atoms with Gasteiger partial charge >= 0.3 is 0 Å². The number of anilines is 1. The molecule has 0 fully saturated rings. The van der Waals surface area contributed by atoms with E-state index in [2.05, 4.69) is 47.4 Å². The minimum absolute atomic E-state index is 0.109. The molecule has 0 spiro atoms. The van der Waals surface area contributed by atoms with Gasteiger partial charge in [-0.15, -0.1) is 0 Å². The van der Waals surface area contributed by atoms with Crippen molar-refractivity contribution in [2.45, 2.75) is 26.7 Å². The lowest BCUT2D eigenvalue weighted by Crippen LogP contribution is -2.22. The van der Waals surface area contributed by atoms with Gasteiger partial charge in [0, 0.05) is 24.4 Å². The van der Waals surface area contributed by atoms with E-state index in [9.17, 15) is 0 Å². The summed E-state index contributed by atoms with van der Waals surface area (Å²) in [5.74, 6) is 1.02. The van der Waals surface area contributed by atoms with Crippen molar-refractivity contribution in [1.29, 1.82) is 0 Å². The van der Waals surface area contributed by atoms with Crippen LogP contribution in [-0.4, -0.2) is 16.5 Å². The van der Waals surface area contributed by atoms with E-state index >= 15 is 0 Å². The third kappa shape index (κ3) is 2.94. The van der Waals surface area contributed by atoms with Gasteiger partial charge in [0.1, 0.15) is 5.82 Å². The Morgan fingerprint density at radius 1 is 1.43 bits per heavy atom. The lowest BCUT2D eigenvalue weighted by atomic mass is 9.80. The maximum absolute atomic E-state index is 5.81. The second-order valence-corrected chi connectivity index (χ2v) is 6.02. The molecule has 0 saturated heterocycles. The predicted molar refractivity (Wildman–Crippen MR) is 87.8 cm³/mol. The predicted octanol–water partition coefficient (Wildman–Crippen LogP) is 3.15. The van der Waals surface area contributed by atoms with E-state index in [1.54, 1.807) is 0 Å². The largest absolute Gasteiger partial charge is 0.399 e. The molecule has 1 aliphatic rings. The first-order valence-electron chi connectivity index (χ1n) is 7.45. The molecule has 0 bridgehead atoms. The molecular weight excluding hydrogens is 260 g/mol. The normalized spacial score (nSPS) is 21.5. The van der Waals surface area contributed by atoms with Gasteiger partial charge in [-0.2, -0.15) is 0 Å². The number of fused-ring (bicyclic) bond motifs is 1. The average molecular weight is 282 g/mol. The highest BCUT2D eigenvalue weighted by atomic mass is 14.9.